The van der Waals surface area contributed by atoms with Gasteiger partial charge in [0.2, 0.25) is 0 Å². The van der Waals surface area contributed by atoms with Crippen LogP contribution in [0.1, 0.15) is 30.6 Å². The molecule has 96 valence electrons. The molecule has 0 aliphatic carbocycles. The number of hydrogen-bond donors (Lipinski definition) is 1. The number of nitrogens with zero attached hydrogens (tertiary/aromatic N) is 3. The molecule has 2 rings (SSSR count). The van der Waals surface area contributed by atoms with Crippen molar-refractivity contribution in [1.29, 1.82) is 0 Å². The molecule has 0 radical (unpaired) electrons. The van der Waals surface area contributed by atoms with Crippen LogP contribution in [0.4, 0.5) is 0 Å². The Hall–Kier alpha value is -1.88. The predicted molar refractivity (Wildman–Crippen MR) is 69.9 cm³/mol. The molecule has 0 saturated heterocycles. The summed E-state index contributed by atoms with van der Waals surface area (Å²) >= 11 is 0. The van der Waals surface area contributed by atoms with Crippen LogP contribution in [0.15, 0.2) is 24.4 Å². The van der Waals surface area contributed by atoms with E-state index < -0.39 is 0 Å². The van der Waals surface area contributed by atoms with Crippen LogP contribution in [0.5, 0.6) is 5.75 Å². The Bertz CT molecular complexity index is 536. The molecular weight excluding hydrogens is 228 g/mol. The first-order valence-electron chi connectivity index (χ1n) is 5.98. The molecule has 0 aliphatic rings. The zero-order valence-corrected chi connectivity index (χ0v) is 10.9. The third-order valence-corrected chi connectivity index (χ3v) is 2.97. The minimum atomic E-state index is -0.0573. The summed E-state index contributed by atoms with van der Waals surface area (Å²) in [5, 5.41) is 8.19. The van der Waals surface area contributed by atoms with Crippen molar-refractivity contribution >= 4 is 0 Å². The van der Waals surface area contributed by atoms with Crippen LogP contribution < -0.4 is 10.5 Å². The normalized spacial score (nSPS) is 12.4. The van der Waals surface area contributed by atoms with Gasteiger partial charge in [-0.15, -0.1) is 5.10 Å². The van der Waals surface area contributed by atoms with E-state index in [2.05, 4.69) is 10.3 Å². The highest BCUT2D eigenvalue weighted by atomic mass is 16.5. The Morgan fingerprint density at radius 2 is 2.22 bits per heavy atom. The maximum absolute atomic E-state index is 5.93. The van der Waals surface area contributed by atoms with E-state index in [9.17, 15) is 0 Å². The number of aromatic nitrogens is 3. The van der Waals surface area contributed by atoms with Gasteiger partial charge in [-0.1, -0.05) is 12.1 Å². The zero-order chi connectivity index (χ0) is 13.1. The molecule has 1 unspecified atom stereocenters. The Balaban J connectivity index is 2.31. The molecule has 1 aromatic heterocycles. The van der Waals surface area contributed by atoms with Gasteiger partial charge in [-0.25, -0.2) is 4.68 Å². The molecule has 2 aromatic rings. The molecule has 0 amide bonds. The van der Waals surface area contributed by atoms with E-state index in [1.54, 1.807) is 11.8 Å². The summed E-state index contributed by atoms with van der Waals surface area (Å²) in [6, 6.07) is 5.82. The molecule has 2 N–H and O–H groups in total. The van der Waals surface area contributed by atoms with E-state index in [0.29, 0.717) is 0 Å². The Labute approximate surface area is 107 Å². The van der Waals surface area contributed by atoms with Crippen molar-refractivity contribution in [2.45, 2.75) is 26.3 Å². The van der Waals surface area contributed by atoms with Crippen LogP contribution >= 0.6 is 0 Å². The number of benzene rings is 1. The van der Waals surface area contributed by atoms with Gasteiger partial charge in [0, 0.05) is 0 Å². The van der Waals surface area contributed by atoms with Crippen molar-refractivity contribution in [1.82, 2.24) is 15.0 Å². The number of methoxy groups -OCH3 is 1. The molecule has 1 atom stereocenters. The molecule has 5 nitrogen and oxygen atoms in total. The van der Waals surface area contributed by atoms with Crippen molar-refractivity contribution in [2.75, 3.05) is 7.11 Å². The van der Waals surface area contributed by atoms with Crippen molar-refractivity contribution < 1.29 is 4.74 Å². The molecule has 0 spiro atoms. The lowest BCUT2D eigenvalue weighted by Gasteiger charge is -2.06. The van der Waals surface area contributed by atoms with E-state index in [4.69, 9.17) is 10.5 Å². The van der Waals surface area contributed by atoms with E-state index >= 15 is 0 Å². The van der Waals surface area contributed by atoms with Crippen LogP contribution in [0.2, 0.25) is 0 Å². The van der Waals surface area contributed by atoms with Gasteiger partial charge in [-0.05, 0) is 37.1 Å². The van der Waals surface area contributed by atoms with Crippen molar-refractivity contribution in [3.63, 3.8) is 0 Å². The standard InChI is InChI=1S/C13H18N4O/c1-4-11(14)12-8-17(16-15-12)10-5-6-13(18-3)9(2)7-10/h5-8,11H,4,14H2,1-3H3. The summed E-state index contributed by atoms with van der Waals surface area (Å²) in [5.41, 5.74) is 8.75. The number of nitrogens with two attached hydrogens (primary N) is 1. The summed E-state index contributed by atoms with van der Waals surface area (Å²) in [6.07, 6.45) is 2.72. The molecule has 1 aromatic carbocycles. The van der Waals surface area contributed by atoms with E-state index in [0.717, 1.165) is 29.1 Å². The van der Waals surface area contributed by atoms with Gasteiger partial charge in [0.15, 0.2) is 0 Å². The second-order valence-electron chi connectivity index (χ2n) is 4.26. The molecule has 0 fully saturated rings. The fourth-order valence-corrected chi connectivity index (χ4v) is 1.79. The van der Waals surface area contributed by atoms with Crippen LogP contribution in [-0.4, -0.2) is 22.1 Å². The van der Waals surface area contributed by atoms with Gasteiger partial charge in [0.25, 0.3) is 0 Å². The maximum Gasteiger partial charge on any atom is 0.121 e. The van der Waals surface area contributed by atoms with Crippen LogP contribution in [0.3, 0.4) is 0 Å². The highest BCUT2D eigenvalue weighted by molar-refractivity contribution is 5.43. The summed E-state index contributed by atoms with van der Waals surface area (Å²) < 4.78 is 6.96. The van der Waals surface area contributed by atoms with Crippen LogP contribution in [0.25, 0.3) is 5.69 Å². The summed E-state index contributed by atoms with van der Waals surface area (Å²) in [6.45, 7) is 4.03. The third kappa shape index (κ3) is 2.36. The second-order valence-corrected chi connectivity index (χ2v) is 4.26. The molecular formula is C13H18N4O. The minimum absolute atomic E-state index is 0.0573. The SMILES string of the molecule is CCC(N)c1cn(-c2ccc(OC)c(C)c2)nn1. The van der Waals surface area contributed by atoms with Crippen molar-refractivity contribution in [3.8, 4) is 11.4 Å². The highest BCUT2D eigenvalue weighted by Gasteiger charge is 2.09. The van der Waals surface area contributed by atoms with Gasteiger partial charge in [-0.2, -0.15) is 0 Å². The second kappa shape index (κ2) is 5.18. The van der Waals surface area contributed by atoms with Gasteiger partial charge in [0.05, 0.1) is 30.7 Å². The number of aryl methyl sites for hydroxylation is 1. The monoisotopic (exact) mass is 246 g/mol. The van der Waals surface area contributed by atoms with E-state index in [-0.39, 0.29) is 6.04 Å². The average molecular weight is 246 g/mol. The first-order chi connectivity index (χ1) is 8.65. The van der Waals surface area contributed by atoms with Gasteiger partial charge < -0.3 is 10.5 Å². The molecule has 5 heteroatoms. The smallest absolute Gasteiger partial charge is 0.121 e. The average Bonchev–Trinajstić information content (AvgIpc) is 2.87. The lowest BCUT2D eigenvalue weighted by molar-refractivity contribution is 0.411. The summed E-state index contributed by atoms with van der Waals surface area (Å²) in [4.78, 5) is 0. The fourth-order valence-electron chi connectivity index (χ4n) is 1.79. The maximum atomic E-state index is 5.93. The Kier molecular flexibility index (Phi) is 3.62. The summed E-state index contributed by atoms with van der Waals surface area (Å²) in [5.74, 6) is 0.865. The minimum Gasteiger partial charge on any atom is -0.496 e. The van der Waals surface area contributed by atoms with Crippen molar-refractivity contribution in [3.05, 3.63) is 35.7 Å². The summed E-state index contributed by atoms with van der Waals surface area (Å²) in [7, 11) is 1.66. The molecule has 0 bridgehead atoms. The first kappa shape index (κ1) is 12.6. The first-order valence-corrected chi connectivity index (χ1v) is 5.98. The zero-order valence-electron chi connectivity index (χ0n) is 10.9. The largest absolute Gasteiger partial charge is 0.496 e. The van der Waals surface area contributed by atoms with Gasteiger partial charge >= 0.3 is 0 Å². The van der Waals surface area contributed by atoms with Gasteiger partial charge in [-0.3, -0.25) is 0 Å². The lowest BCUT2D eigenvalue weighted by atomic mass is 10.2. The lowest BCUT2D eigenvalue weighted by Crippen LogP contribution is -2.08. The van der Waals surface area contributed by atoms with Gasteiger partial charge in [0.1, 0.15) is 5.75 Å². The Morgan fingerprint density at radius 3 is 2.83 bits per heavy atom. The van der Waals surface area contributed by atoms with E-state index in [1.165, 1.54) is 0 Å². The van der Waals surface area contributed by atoms with Crippen molar-refractivity contribution in [2.24, 2.45) is 5.73 Å². The quantitative estimate of drug-likeness (QED) is 0.896. The van der Waals surface area contributed by atoms with Crippen LogP contribution in [0, 0.1) is 6.92 Å². The number of ether oxygens (including phenoxy) is 1. The number of rotatable bonds is 4. The highest BCUT2D eigenvalue weighted by Crippen LogP contribution is 2.21. The topological polar surface area (TPSA) is 66.0 Å². The van der Waals surface area contributed by atoms with Crippen LogP contribution in [-0.2, 0) is 0 Å². The van der Waals surface area contributed by atoms with E-state index in [1.807, 2.05) is 38.2 Å². The molecule has 0 aliphatic heterocycles. The molecule has 18 heavy (non-hydrogen) atoms. The fraction of sp³-hybridized carbons (Fsp3) is 0.385. The molecule has 0 saturated carbocycles. The Morgan fingerprint density at radius 1 is 1.44 bits per heavy atom. The molecule has 1 heterocycles. The third-order valence-electron chi connectivity index (χ3n) is 2.97. The predicted octanol–water partition coefficient (Wildman–Crippen LogP) is 1.99. The number of hydrogen-bond acceptors (Lipinski definition) is 4.